The quantitative estimate of drug-likeness (QED) is 0.811. The van der Waals surface area contributed by atoms with Gasteiger partial charge in [0, 0.05) is 18.5 Å². The van der Waals surface area contributed by atoms with Crippen LogP contribution in [0.25, 0.3) is 0 Å². The Balaban J connectivity index is 1.94. The highest BCUT2D eigenvalue weighted by Crippen LogP contribution is 2.21. The van der Waals surface area contributed by atoms with E-state index in [0.29, 0.717) is 11.7 Å². The van der Waals surface area contributed by atoms with Crippen LogP contribution >= 0.6 is 11.8 Å². The molecule has 0 spiro atoms. The molecule has 1 aliphatic rings. The molecule has 1 aliphatic heterocycles. The molecule has 1 aromatic carbocycles. The first-order chi connectivity index (χ1) is 10.6. The number of hydrogen-bond acceptors (Lipinski definition) is 5. The summed E-state index contributed by atoms with van der Waals surface area (Å²) >= 11 is 1.47. The van der Waals surface area contributed by atoms with Crippen molar-refractivity contribution in [3.8, 4) is 0 Å². The van der Waals surface area contributed by atoms with E-state index in [4.69, 9.17) is 5.73 Å². The van der Waals surface area contributed by atoms with Crippen LogP contribution in [0.1, 0.15) is 20.7 Å². The Morgan fingerprint density at radius 3 is 2.82 bits per heavy atom. The van der Waals surface area contributed by atoms with E-state index in [-0.39, 0.29) is 22.4 Å². The van der Waals surface area contributed by atoms with Crippen LogP contribution in [0.4, 0.5) is 5.69 Å². The number of para-hydroxylation sites is 1. The molecular weight excluding hydrogens is 304 g/mol. The molecule has 0 aliphatic carbocycles. The molecule has 7 nitrogen and oxygen atoms in total. The van der Waals surface area contributed by atoms with Crippen molar-refractivity contribution in [2.75, 3.05) is 11.1 Å². The number of anilines is 1. The van der Waals surface area contributed by atoms with Crippen molar-refractivity contribution in [3.63, 3.8) is 0 Å². The van der Waals surface area contributed by atoms with Crippen LogP contribution in [0.2, 0.25) is 0 Å². The molecule has 3 N–H and O–H groups in total. The van der Waals surface area contributed by atoms with E-state index in [1.165, 1.54) is 28.6 Å². The van der Waals surface area contributed by atoms with Crippen LogP contribution in [-0.4, -0.2) is 27.1 Å². The largest absolute Gasteiger partial charge is 0.366 e. The molecule has 22 heavy (non-hydrogen) atoms. The molecule has 1 aromatic heterocycles. The minimum Gasteiger partial charge on any atom is -0.366 e. The number of amides is 2. The van der Waals surface area contributed by atoms with Crippen LogP contribution in [0.3, 0.4) is 0 Å². The van der Waals surface area contributed by atoms with Gasteiger partial charge in [-0.05, 0) is 12.1 Å². The average Bonchev–Trinajstić information content (AvgIpc) is 2.97. The van der Waals surface area contributed by atoms with Crippen molar-refractivity contribution in [1.29, 1.82) is 0 Å². The number of primary amides is 1. The highest BCUT2D eigenvalue weighted by Gasteiger charge is 2.20. The molecule has 3 rings (SSSR count). The summed E-state index contributed by atoms with van der Waals surface area (Å²) in [5.41, 5.74) is 5.26. The second kappa shape index (κ2) is 5.64. The van der Waals surface area contributed by atoms with Gasteiger partial charge in [-0.3, -0.25) is 19.0 Å². The topological polar surface area (TPSA) is 107 Å². The first kappa shape index (κ1) is 14.3. The van der Waals surface area contributed by atoms with Gasteiger partial charge in [0.05, 0.1) is 11.3 Å². The Hall–Kier alpha value is -2.61. The monoisotopic (exact) mass is 316 g/mol. The van der Waals surface area contributed by atoms with Crippen molar-refractivity contribution < 1.29 is 9.59 Å². The third-order valence-corrected chi connectivity index (χ3v) is 4.21. The van der Waals surface area contributed by atoms with E-state index >= 15 is 0 Å². The van der Waals surface area contributed by atoms with Gasteiger partial charge in [0.1, 0.15) is 5.56 Å². The van der Waals surface area contributed by atoms with Crippen molar-refractivity contribution >= 4 is 29.3 Å². The zero-order valence-electron chi connectivity index (χ0n) is 11.4. The summed E-state index contributed by atoms with van der Waals surface area (Å²) in [5.74, 6) is -0.507. The van der Waals surface area contributed by atoms with E-state index in [9.17, 15) is 14.4 Å². The number of thioether (sulfide) groups is 1. The number of nitrogens with one attached hydrogen (secondary N) is 1. The molecule has 0 radical (unpaired) electrons. The maximum Gasteiger partial charge on any atom is 0.267 e. The van der Waals surface area contributed by atoms with Gasteiger partial charge < -0.3 is 11.1 Å². The zero-order chi connectivity index (χ0) is 15.7. The van der Waals surface area contributed by atoms with Crippen LogP contribution in [0.5, 0.6) is 0 Å². The number of hydrogen-bond donors (Lipinski definition) is 2. The molecular formula is C14H12N4O3S. The number of nitrogens with zero attached hydrogens (tertiary/aromatic N) is 2. The number of carbonyl (C=O) groups excluding carboxylic acids is 2. The Kier molecular flexibility index (Phi) is 3.68. The summed E-state index contributed by atoms with van der Waals surface area (Å²) in [6.45, 7) is 0.533. The summed E-state index contributed by atoms with van der Waals surface area (Å²) in [4.78, 5) is 40.0. The number of aromatic nitrogens is 2. The van der Waals surface area contributed by atoms with E-state index in [1.807, 2.05) is 0 Å². The summed E-state index contributed by atoms with van der Waals surface area (Å²) in [6.07, 6.45) is 1.26. The minimum absolute atomic E-state index is 0.0643. The van der Waals surface area contributed by atoms with E-state index in [0.717, 1.165) is 5.75 Å². The predicted molar refractivity (Wildman–Crippen MR) is 82.1 cm³/mol. The lowest BCUT2D eigenvalue weighted by molar-refractivity contribution is 0.100. The summed E-state index contributed by atoms with van der Waals surface area (Å²) in [7, 11) is 0. The highest BCUT2D eigenvalue weighted by molar-refractivity contribution is 7.99. The molecule has 112 valence electrons. The first-order valence-corrected chi connectivity index (χ1v) is 7.49. The minimum atomic E-state index is -0.656. The van der Waals surface area contributed by atoms with Crippen molar-refractivity contribution in [2.45, 2.75) is 11.7 Å². The highest BCUT2D eigenvalue weighted by atomic mass is 32.2. The number of fused-ring (bicyclic) bond motifs is 1. The lowest BCUT2D eigenvalue weighted by Crippen LogP contribution is -2.30. The number of nitrogens with two attached hydrogens (primary N) is 1. The Bertz CT molecular complexity index is 831. The first-order valence-electron chi connectivity index (χ1n) is 6.51. The van der Waals surface area contributed by atoms with Crippen LogP contribution in [0.15, 0.2) is 40.4 Å². The maximum absolute atomic E-state index is 12.3. The van der Waals surface area contributed by atoms with E-state index in [1.54, 1.807) is 18.2 Å². The van der Waals surface area contributed by atoms with Gasteiger partial charge in [0.15, 0.2) is 5.16 Å². The fraction of sp³-hybridized carbons (Fsp3) is 0.143. The van der Waals surface area contributed by atoms with Gasteiger partial charge in [0.25, 0.3) is 17.4 Å². The predicted octanol–water partition coefficient (Wildman–Crippen LogP) is 0.700. The van der Waals surface area contributed by atoms with Gasteiger partial charge in [-0.2, -0.15) is 0 Å². The van der Waals surface area contributed by atoms with Crippen LogP contribution in [0, 0.1) is 0 Å². The van der Waals surface area contributed by atoms with Crippen molar-refractivity contribution in [1.82, 2.24) is 9.55 Å². The van der Waals surface area contributed by atoms with E-state index < -0.39 is 11.8 Å². The molecule has 2 aromatic rings. The molecule has 0 unspecified atom stereocenters. The Morgan fingerprint density at radius 1 is 1.27 bits per heavy atom. The lowest BCUT2D eigenvalue weighted by atomic mass is 10.1. The summed E-state index contributed by atoms with van der Waals surface area (Å²) in [6, 6.07) is 6.35. The number of rotatable bonds is 3. The SMILES string of the molecule is NC(=O)c1ccccc1NC(=O)c1cnc2n(c1=O)CCS2. The lowest BCUT2D eigenvalue weighted by Gasteiger charge is -2.09. The molecule has 0 saturated carbocycles. The molecule has 0 saturated heterocycles. The molecule has 0 bridgehead atoms. The molecule has 0 atom stereocenters. The smallest absolute Gasteiger partial charge is 0.267 e. The second-order valence-corrected chi connectivity index (χ2v) is 5.69. The fourth-order valence-corrected chi connectivity index (χ4v) is 3.08. The number of carbonyl (C=O) groups is 2. The number of benzene rings is 1. The normalized spacial score (nSPS) is 12.7. The molecule has 2 heterocycles. The van der Waals surface area contributed by atoms with Crippen LogP contribution < -0.4 is 16.6 Å². The molecule has 8 heteroatoms. The van der Waals surface area contributed by atoms with Crippen molar-refractivity contribution in [3.05, 3.63) is 51.9 Å². The maximum atomic E-state index is 12.3. The molecule has 0 fully saturated rings. The third kappa shape index (κ3) is 2.48. The van der Waals surface area contributed by atoms with Crippen LogP contribution in [-0.2, 0) is 6.54 Å². The third-order valence-electron chi connectivity index (χ3n) is 3.24. The average molecular weight is 316 g/mol. The van der Waals surface area contributed by atoms with Gasteiger partial charge in [-0.1, -0.05) is 23.9 Å². The van der Waals surface area contributed by atoms with Gasteiger partial charge in [0.2, 0.25) is 0 Å². The Morgan fingerprint density at radius 2 is 2.05 bits per heavy atom. The van der Waals surface area contributed by atoms with Gasteiger partial charge in [-0.15, -0.1) is 0 Å². The molecule has 2 amide bonds. The Labute approximate surface area is 129 Å². The second-order valence-electron chi connectivity index (χ2n) is 4.62. The van der Waals surface area contributed by atoms with Gasteiger partial charge in [-0.25, -0.2) is 4.98 Å². The fourth-order valence-electron chi connectivity index (χ4n) is 2.17. The summed E-state index contributed by atoms with van der Waals surface area (Å²) in [5, 5.41) is 3.15. The van der Waals surface area contributed by atoms with E-state index in [2.05, 4.69) is 10.3 Å². The van der Waals surface area contributed by atoms with Crippen molar-refractivity contribution in [2.24, 2.45) is 5.73 Å². The zero-order valence-corrected chi connectivity index (χ0v) is 12.2. The summed E-state index contributed by atoms with van der Waals surface area (Å²) < 4.78 is 1.47. The van der Waals surface area contributed by atoms with Gasteiger partial charge >= 0.3 is 0 Å². The standard InChI is InChI=1S/C14H12N4O3S/c15-11(19)8-3-1-2-4-10(8)17-12(20)9-7-16-14-18(13(9)21)5-6-22-14/h1-4,7H,5-6H2,(H2,15,19)(H,17,20).